The van der Waals surface area contributed by atoms with Crippen molar-refractivity contribution < 1.29 is 0 Å². The fourth-order valence-corrected chi connectivity index (χ4v) is 7.27. The fraction of sp³-hybridized carbons (Fsp3) is 0. The number of rotatable bonds is 4. The lowest BCUT2D eigenvalue weighted by Crippen LogP contribution is -2.61. The highest BCUT2D eigenvalue weighted by Crippen LogP contribution is 2.46. The summed E-state index contributed by atoms with van der Waals surface area (Å²) in [5.74, 6) is 0. The van der Waals surface area contributed by atoms with Crippen molar-refractivity contribution in [2.45, 2.75) is 0 Å². The van der Waals surface area contributed by atoms with E-state index < -0.39 is 0 Å². The molecule has 7 aromatic rings. The molecule has 0 N–H and O–H groups in total. The minimum absolute atomic E-state index is 0.0783. The second-order valence-electron chi connectivity index (χ2n) is 11.8. The van der Waals surface area contributed by atoms with Crippen LogP contribution in [0, 0.1) is 0 Å². The number of para-hydroxylation sites is 3. The van der Waals surface area contributed by atoms with E-state index >= 15 is 0 Å². The molecule has 2 aliphatic rings. The largest absolute Gasteiger partial charge is 0.311 e. The van der Waals surface area contributed by atoms with Crippen molar-refractivity contribution in [2.75, 3.05) is 9.80 Å². The monoisotopic (exact) mass is 572 g/mol. The van der Waals surface area contributed by atoms with Crippen LogP contribution < -0.4 is 26.2 Å². The first-order valence-corrected chi connectivity index (χ1v) is 15.6. The molecular weight excluding hydrogens is 543 g/mol. The number of nitrogens with zero attached hydrogens (tertiary/aromatic N) is 2. The molecule has 2 aliphatic heterocycles. The van der Waals surface area contributed by atoms with Gasteiger partial charge in [0.05, 0.1) is 0 Å². The Hall–Kier alpha value is -5.80. The van der Waals surface area contributed by atoms with Crippen LogP contribution in [0.3, 0.4) is 0 Å². The van der Waals surface area contributed by atoms with Gasteiger partial charge in [0.1, 0.15) is 0 Å². The van der Waals surface area contributed by atoms with Gasteiger partial charge in [0.25, 0.3) is 6.71 Å². The van der Waals surface area contributed by atoms with E-state index in [1.54, 1.807) is 0 Å². The molecule has 2 heterocycles. The standard InChI is InChI=1S/C42H29BN2/c1-5-15-30(16-6-1)32-25-26-39-37(27-32)43-36-23-13-14-24-38(36)44(34-19-9-3-10-20-34)40-28-33(31-17-7-2-8-18-31)29-41(42(40)43)45(39)35-21-11-4-12-22-35/h1-29H. The Bertz CT molecular complexity index is 2150. The zero-order valence-electron chi connectivity index (χ0n) is 24.7. The zero-order chi connectivity index (χ0) is 29.7. The van der Waals surface area contributed by atoms with Crippen molar-refractivity contribution in [3.63, 3.8) is 0 Å². The molecule has 0 atom stereocenters. The van der Waals surface area contributed by atoms with E-state index in [1.165, 1.54) is 61.4 Å². The predicted molar refractivity (Wildman–Crippen MR) is 191 cm³/mol. The van der Waals surface area contributed by atoms with Gasteiger partial charge in [-0.2, -0.15) is 0 Å². The average Bonchev–Trinajstić information content (AvgIpc) is 3.12. The second kappa shape index (κ2) is 10.4. The number of benzene rings is 7. The van der Waals surface area contributed by atoms with Gasteiger partial charge in [0, 0.05) is 34.1 Å². The highest BCUT2D eigenvalue weighted by molar-refractivity contribution is 7.00. The number of hydrogen-bond acceptors (Lipinski definition) is 2. The summed E-state index contributed by atoms with van der Waals surface area (Å²) in [6, 6.07) is 63.9. The van der Waals surface area contributed by atoms with Crippen molar-refractivity contribution >= 4 is 57.2 Å². The van der Waals surface area contributed by atoms with Gasteiger partial charge in [0.2, 0.25) is 0 Å². The van der Waals surface area contributed by atoms with Crippen LogP contribution in [0.15, 0.2) is 176 Å². The average molecular weight is 573 g/mol. The van der Waals surface area contributed by atoms with Crippen molar-refractivity contribution in [3.05, 3.63) is 176 Å². The second-order valence-corrected chi connectivity index (χ2v) is 11.8. The third-order valence-corrected chi connectivity index (χ3v) is 9.22. The molecule has 0 saturated carbocycles. The third kappa shape index (κ3) is 4.12. The van der Waals surface area contributed by atoms with E-state index in [0.717, 1.165) is 11.4 Å². The Balaban J connectivity index is 1.40. The van der Waals surface area contributed by atoms with Gasteiger partial charge in [-0.25, -0.2) is 0 Å². The Morgan fingerprint density at radius 3 is 1.36 bits per heavy atom. The Labute approximate surface area is 264 Å². The maximum atomic E-state index is 2.48. The minimum atomic E-state index is 0.0783. The lowest BCUT2D eigenvalue weighted by molar-refractivity contribution is 1.25. The summed E-state index contributed by atoms with van der Waals surface area (Å²) < 4.78 is 0. The maximum absolute atomic E-state index is 2.48. The van der Waals surface area contributed by atoms with Gasteiger partial charge in [-0.05, 0) is 87.2 Å². The van der Waals surface area contributed by atoms with Gasteiger partial charge in [-0.15, -0.1) is 0 Å². The molecule has 0 radical (unpaired) electrons. The highest BCUT2D eigenvalue weighted by Gasteiger charge is 2.43. The predicted octanol–water partition coefficient (Wildman–Crippen LogP) is 9.10. The van der Waals surface area contributed by atoms with E-state index in [2.05, 4.69) is 186 Å². The minimum Gasteiger partial charge on any atom is -0.311 e. The first kappa shape index (κ1) is 25.7. The van der Waals surface area contributed by atoms with Crippen LogP contribution in [-0.2, 0) is 0 Å². The molecule has 210 valence electrons. The lowest BCUT2D eigenvalue weighted by atomic mass is 9.33. The topological polar surface area (TPSA) is 6.48 Å². The number of anilines is 6. The molecule has 3 heteroatoms. The normalized spacial score (nSPS) is 12.8. The van der Waals surface area contributed by atoms with E-state index in [0.29, 0.717) is 0 Å². The van der Waals surface area contributed by atoms with Crippen LogP contribution in [-0.4, -0.2) is 6.71 Å². The summed E-state index contributed by atoms with van der Waals surface area (Å²) >= 11 is 0. The van der Waals surface area contributed by atoms with E-state index in [9.17, 15) is 0 Å². The van der Waals surface area contributed by atoms with Crippen LogP contribution in [0.5, 0.6) is 0 Å². The van der Waals surface area contributed by atoms with Gasteiger partial charge < -0.3 is 9.80 Å². The summed E-state index contributed by atoms with van der Waals surface area (Å²) in [5, 5.41) is 0. The summed E-state index contributed by atoms with van der Waals surface area (Å²) in [5.41, 5.74) is 16.0. The molecule has 45 heavy (non-hydrogen) atoms. The zero-order valence-corrected chi connectivity index (χ0v) is 24.7. The molecule has 9 rings (SSSR count). The van der Waals surface area contributed by atoms with Crippen molar-refractivity contribution in [1.82, 2.24) is 0 Å². The molecule has 0 aliphatic carbocycles. The van der Waals surface area contributed by atoms with E-state index in [-0.39, 0.29) is 6.71 Å². The van der Waals surface area contributed by atoms with Gasteiger partial charge in [-0.1, -0.05) is 127 Å². The molecule has 0 aromatic heterocycles. The maximum Gasteiger partial charge on any atom is 0.252 e. The molecule has 7 aromatic carbocycles. The molecule has 0 bridgehead atoms. The summed E-state index contributed by atoms with van der Waals surface area (Å²) in [6.45, 7) is 0.0783. The SMILES string of the molecule is c1ccc(-c2ccc3c(c2)B2c4ccccc4N(c4ccccc4)c4cc(-c5ccccc5)cc(c42)N3c2ccccc2)cc1. The third-order valence-electron chi connectivity index (χ3n) is 9.22. The summed E-state index contributed by atoms with van der Waals surface area (Å²) in [7, 11) is 0. The Morgan fingerprint density at radius 1 is 0.311 bits per heavy atom. The molecule has 0 unspecified atom stereocenters. The summed E-state index contributed by atoms with van der Waals surface area (Å²) in [4.78, 5) is 4.94. The fourth-order valence-electron chi connectivity index (χ4n) is 7.27. The first-order chi connectivity index (χ1) is 22.3. The molecule has 0 saturated heterocycles. The number of hydrogen-bond donors (Lipinski definition) is 0. The highest BCUT2D eigenvalue weighted by atomic mass is 15.2. The smallest absolute Gasteiger partial charge is 0.252 e. The van der Waals surface area contributed by atoms with Crippen LogP contribution >= 0.6 is 0 Å². The first-order valence-electron chi connectivity index (χ1n) is 15.6. The van der Waals surface area contributed by atoms with Gasteiger partial charge in [-0.3, -0.25) is 0 Å². The van der Waals surface area contributed by atoms with Crippen molar-refractivity contribution in [2.24, 2.45) is 0 Å². The Kier molecular flexibility index (Phi) is 5.95. The molecule has 0 fully saturated rings. The van der Waals surface area contributed by atoms with Crippen LogP contribution in [0.1, 0.15) is 0 Å². The van der Waals surface area contributed by atoms with E-state index in [1.807, 2.05) is 0 Å². The van der Waals surface area contributed by atoms with Crippen LogP contribution in [0.25, 0.3) is 22.3 Å². The van der Waals surface area contributed by atoms with E-state index in [4.69, 9.17) is 0 Å². The number of fused-ring (bicyclic) bond motifs is 4. The quantitative estimate of drug-likeness (QED) is 0.194. The molecule has 2 nitrogen and oxygen atoms in total. The van der Waals surface area contributed by atoms with Crippen molar-refractivity contribution in [1.29, 1.82) is 0 Å². The molecule has 0 spiro atoms. The van der Waals surface area contributed by atoms with Crippen LogP contribution in [0.2, 0.25) is 0 Å². The lowest BCUT2D eigenvalue weighted by Gasteiger charge is -2.44. The molecular formula is C42H29BN2. The van der Waals surface area contributed by atoms with Crippen molar-refractivity contribution in [3.8, 4) is 22.3 Å². The Morgan fingerprint density at radius 2 is 0.778 bits per heavy atom. The molecule has 0 amide bonds. The van der Waals surface area contributed by atoms with Crippen LogP contribution in [0.4, 0.5) is 34.1 Å². The summed E-state index contributed by atoms with van der Waals surface area (Å²) in [6.07, 6.45) is 0. The van der Waals surface area contributed by atoms with Gasteiger partial charge >= 0.3 is 0 Å². The van der Waals surface area contributed by atoms with Gasteiger partial charge in [0.15, 0.2) is 0 Å².